The van der Waals surface area contributed by atoms with E-state index in [2.05, 4.69) is 5.32 Å². The molecule has 0 unspecified atom stereocenters. The quantitative estimate of drug-likeness (QED) is 0.408. The second kappa shape index (κ2) is 9.54. The van der Waals surface area contributed by atoms with Crippen molar-refractivity contribution in [1.29, 1.82) is 0 Å². The minimum Gasteiger partial charge on any atom is -0.493 e. The van der Waals surface area contributed by atoms with Crippen molar-refractivity contribution < 1.29 is 28.7 Å². The first-order valence-corrected chi connectivity index (χ1v) is 8.79. The predicted octanol–water partition coefficient (Wildman–Crippen LogP) is 3.41. The number of nitro benzene ring substituents is 1. The SMILES string of the molecule is CCOc1cc(C(=O)OCC(=O)Nc2cc(C)cc(C)c2)c([N+](=O)[O-])cc1OC. The molecule has 0 spiro atoms. The average Bonchev–Trinajstić information content (AvgIpc) is 2.65. The third-order valence-corrected chi connectivity index (χ3v) is 3.84. The number of esters is 1. The molecule has 0 heterocycles. The molecular weight excluding hydrogens is 380 g/mol. The molecule has 0 bridgehead atoms. The maximum Gasteiger partial charge on any atom is 0.345 e. The molecular formula is C20H22N2O7. The van der Waals surface area contributed by atoms with Crippen LogP contribution in [-0.2, 0) is 9.53 Å². The second-order valence-corrected chi connectivity index (χ2v) is 6.21. The summed E-state index contributed by atoms with van der Waals surface area (Å²) in [6, 6.07) is 7.75. The van der Waals surface area contributed by atoms with Gasteiger partial charge in [-0.1, -0.05) is 6.07 Å². The standard InChI is InChI=1S/C20H22N2O7/c1-5-28-18-9-15(16(22(25)26)10-17(18)27-4)20(24)29-11-19(23)21-14-7-12(2)6-13(3)8-14/h6-10H,5,11H2,1-4H3,(H,21,23). The van der Waals surface area contributed by atoms with Gasteiger partial charge in [0, 0.05) is 11.8 Å². The Morgan fingerprint density at radius 3 is 2.28 bits per heavy atom. The lowest BCUT2D eigenvalue weighted by atomic mass is 10.1. The monoisotopic (exact) mass is 402 g/mol. The zero-order valence-electron chi connectivity index (χ0n) is 16.6. The molecule has 0 aliphatic carbocycles. The number of nitro groups is 1. The predicted molar refractivity (Wildman–Crippen MR) is 106 cm³/mol. The number of anilines is 1. The summed E-state index contributed by atoms with van der Waals surface area (Å²) in [5.41, 5.74) is 1.66. The number of hydrogen-bond acceptors (Lipinski definition) is 7. The molecule has 29 heavy (non-hydrogen) atoms. The van der Waals surface area contributed by atoms with Gasteiger partial charge in [-0.25, -0.2) is 4.79 Å². The summed E-state index contributed by atoms with van der Waals surface area (Å²) in [4.78, 5) is 35.1. The van der Waals surface area contributed by atoms with Crippen LogP contribution in [0.1, 0.15) is 28.4 Å². The molecule has 1 amide bonds. The zero-order chi connectivity index (χ0) is 21.6. The zero-order valence-corrected chi connectivity index (χ0v) is 16.6. The lowest BCUT2D eigenvalue weighted by Gasteiger charge is -2.12. The van der Waals surface area contributed by atoms with Crippen LogP contribution in [0.15, 0.2) is 30.3 Å². The van der Waals surface area contributed by atoms with E-state index in [-0.39, 0.29) is 23.7 Å². The number of nitrogens with zero attached hydrogens (tertiary/aromatic N) is 1. The fraction of sp³-hybridized carbons (Fsp3) is 0.300. The topological polar surface area (TPSA) is 117 Å². The molecule has 2 aromatic carbocycles. The highest BCUT2D eigenvalue weighted by atomic mass is 16.6. The van der Waals surface area contributed by atoms with Crippen molar-refractivity contribution in [3.63, 3.8) is 0 Å². The van der Waals surface area contributed by atoms with Gasteiger partial charge in [-0.05, 0) is 44.0 Å². The summed E-state index contributed by atoms with van der Waals surface area (Å²) in [5.74, 6) is -1.31. The Morgan fingerprint density at radius 2 is 1.72 bits per heavy atom. The van der Waals surface area contributed by atoms with E-state index in [0.29, 0.717) is 5.69 Å². The molecule has 0 atom stereocenters. The van der Waals surface area contributed by atoms with Gasteiger partial charge in [0.15, 0.2) is 18.1 Å². The lowest BCUT2D eigenvalue weighted by Crippen LogP contribution is -2.21. The van der Waals surface area contributed by atoms with Crippen molar-refractivity contribution in [3.05, 3.63) is 57.1 Å². The van der Waals surface area contributed by atoms with Gasteiger partial charge in [-0.15, -0.1) is 0 Å². The van der Waals surface area contributed by atoms with Crippen LogP contribution in [0.2, 0.25) is 0 Å². The third-order valence-electron chi connectivity index (χ3n) is 3.84. The van der Waals surface area contributed by atoms with Gasteiger partial charge in [-0.2, -0.15) is 0 Å². The minimum absolute atomic E-state index is 0.114. The minimum atomic E-state index is -1.02. The van der Waals surface area contributed by atoms with E-state index >= 15 is 0 Å². The van der Waals surface area contributed by atoms with Crippen LogP contribution in [0.4, 0.5) is 11.4 Å². The highest BCUT2D eigenvalue weighted by Gasteiger charge is 2.26. The molecule has 2 aromatic rings. The first kappa shape index (κ1) is 21.7. The molecule has 2 rings (SSSR count). The third kappa shape index (κ3) is 5.68. The molecule has 0 radical (unpaired) electrons. The smallest absolute Gasteiger partial charge is 0.345 e. The van der Waals surface area contributed by atoms with E-state index in [1.807, 2.05) is 19.9 Å². The van der Waals surface area contributed by atoms with Gasteiger partial charge in [0.2, 0.25) is 0 Å². The van der Waals surface area contributed by atoms with Gasteiger partial charge in [0.05, 0.1) is 24.7 Å². The van der Waals surface area contributed by atoms with Crippen LogP contribution in [-0.4, -0.2) is 37.1 Å². The molecule has 154 valence electrons. The van der Waals surface area contributed by atoms with Crippen LogP contribution in [0.5, 0.6) is 11.5 Å². The van der Waals surface area contributed by atoms with Crippen molar-refractivity contribution in [2.45, 2.75) is 20.8 Å². The number of carbonyl (C=O) groups is 2. The summed E-state index contributed by atoms with van der Waals surface area (Å²) in [6.45, 7) is 5.17. The summed E-state index contributed by atoms with van der Waals surface area (Å²) in [5, 5.41) is 14.0. The van der Waals surface area contributed by atoms with E-state index in [0.717, 1.165) is 17.2 Å². The molecule has 1 N–H and O–H groups in total. The number of nitrogens with one attached hydrogen (secondary N) is 1. The lowest BCUT2D eigenvalue weighted by molar-refractivity contribution is -0.385. The Bertz CT molecular complexity index is 920. The Morgan fingerprint density at radius 1 is 1.07 bits per heavy atom. The molecule has 0 aromatic heterocycles. The number of amides is 1. The maximum absolute atomic E-state index is 12.4. The summed E-state index contributed by atoms with van der Waals surface area (Å²) < 4.78 is 15.4. The number of hydrogen-bond donors (Lipinski definition) is 1. The molecule has 0 saturated carbocycles. The van der Waals surface area contributed by atoms with Gasteiger partial charge in [-0.3, -0.25) is 14.9 Å². The molecule has 0 saturated heterocycles. The normalized spacial score (nSPS) is 10.2. The fourth-order valence-electron chi connectivity index (χ4n) is 2.74. The number of aryl methyl sites for hydroxylation is 2. The van der Waals surface area contributed by atoms with Gasteiger partial charge < -0.3 is 19.5 Å². The number of rotatable bonds is 8. The summed E-state index contributed by atoms with van der Waals surface area (Å²) >= 11 is 0. The molecule has 0 aliphatic heterocycles. The highest BCUT2D eigenvalue weighted by Crippen LogP contribution is 2.35. The maximum atomic E-state index is 12.4. The van der Waals surface area contributed by atoms with E-state index in [1.165, 1.54) is 13.2 Å². The van der Waals surface area contributed by atoms with Crippen LogP contribution in [0, 0.1) is 24.0 Å². The Kier molecular flexibility index (Phi) is 7.13. The largest absolute Gasteiger partial charge is 0.493 e. The van der Waals surface area contributed by atoms with Crippen LogP contribution < -0.4 is 14.8 Å². The van der Waals surface area contributed by atoms with E-state index in [4.69, 9.17) is 14.2 Å². The number of benzene rings is 2. The highest BCUT2D eigenvalue weighted by molar-refractivity contribution is 5.98. The van der Waals surface area contributed by atoms with Gasteiger partial charge in [0.25, 0.3) is 11.6 Å². The fourth-order valence-corrected chi connectivity index (χ4v) is 2.74. The van der Waals surface area contributed by atoms with E-state index in [1.54, 1.807) is 19.1 Å². The summed E-state index contributed by atoms with van der Waals surface area (Å²) in [7, 11) is 1.33. The summed E-state index contributed by atoms with van der Waals surface area (Å²) in [6.07, 6.45) is 0. The van der Waals surface area contributed by atoms with Gasteiger partial charge >= 0.3 is 5.97 Å². The average molecular weight is 402 g/mol. The molecule has 0 fully saturated rings. The van der Waals surface area contributed by atoms with Crippen molar-refractivity contribution in [1.82, 2.24) is 0 Å². The van der Waals surface area contributed by atoms with Crippen LogP contribution in [0.3, 0.4) is 0 Å². The number of ether oxygens (including phenoxy) is 3. The Labute approximate surface area is 167 Å². The second-order valence-electron chi connectivity index (χ2n) is 6.21. The first-order chi connectivity index (χ1) is 13.7. The Balaban J connectivity index is 2.15. The van der Waals surface area contributed by atoms with Crippen molar-refractivity contribution in [3.8, 4) is 11.5 Å². The number of carbonyl (C=O) groups excluding carboxylic acids is 2. The molecule has 9 heteroatoms. The van der Waals surface area contributed by atoms with Crippen molar-refractivity contribution in [2.24, 2.45) is 0 Å². The van der Waals surface area contributed by atoms with Crippen LogP contribution in [0.25, 0.3) is 0 Å². The van der Waals surface area contributed by atoms with E-state index in [9.17, 15) is 19.7 Å². The molecule has 9 nitrogen and oxygen atoms in total. The van der Waals surface area contributed by atoms with Gasteiger partial charge in [0.1, 0.15) is 5.56 Å². The van der Waals surface area contributed by atoms with E-state index < -0.39 is 29.1 Å². The molecule has 0 aliphatic rings. The Hall–Kier alpha value is -3.62. The van der Waals surface area contributed by atoms with Crippen molar-refractivity contribution >= 4 is 23.3 Å². The van der Waals surface area contributed by atoms with Crippen molar-refractivity contribution in [2.75, 3.05) is 25.6 Å². The first-order valence-electron chi connectivity index (χ1n) is 8.79. The number of methoxy groups -OCH3 is 1. The van der Waals surface area contributed by atoms with Crippen LogP contribution >= 0.6 is 0 Å².